The molecule has 0 saturated carbocycles. The van der Waals surface area contributed by atoms with Crippen LogP contribution in [0.1, 0.15) is 12.0 Å². The minimum absolute atomic E-state index is 0.402. The Bertz CT molecular complexity index is 599. The predicted octanol–water partition coefficient (Wildman–Crippen LogP) is 1.42. The quantitative estimate of drug-likeness (QED) is 0.834. The summed E-state index contributed by atoms with van der Waals surface area (Å²) in [6.07, 6.45) is 4.01. The molecule has 1 saturated heterocycles. The Labute approximate surface area is 134 Å². The molecule has 7 heteroatoms. The molecule has 3 rings (SSSR count). The Morgan fingerprint density at radius 3 is 2.82 bits per heavy atom. The molecule has 2 N–H and O–H groups in total. The lowest BCUT2D eigenvalue weighted by molar-refractivity contribution is -0.00289. The van der Waals surface area contributed by atoms with Crippen LogP contribution in [0.25, 0.3) is 5.57 Å². The SMILES string of the molecule is COC1=NC(Cl)=C(c2cccnc2)CC1(N)N1CCOCC1. The van der Waals surface area contributed by atoms with Gasteiger partial charge < -0.3 is 15.2 Å². The summed E-state index contributed by atoms with van der Waals surface area (Å²) in [6.45, 7) is 2.76. The summed E-state index contributed by atoms with van der Waals surface area (Å²) in [4.78, 5) is 10.7. The highest BCUT2D eigenvalue weighted by Gasteiger charge is 2.44. The molecule has 1 aromatic rings. The Morgan fingerprint density at radius 1 is 1.41 bits per heavy atom. The Hall–Kier alpha value is -1.47. The van der Waals surface area contributed by atoms with Crippen molar-refractivity contribution in [3.8, 4) is 0 Å². The van der Waals surface area contributed by atoms with Crippen LogP contribution in [0.3, 0.4) is 0 Å². The summed E-state index contributed by atoms with van der Waals surface area (Å²) in [6, 6.07) is 3.83. The van der Waals surface area contributed by atoms with E-state index in [2.05, 4.69) is 14.9 Å². The van der Waals surface area contributed by atoms with Gasteiger partial charge in [-0.25, -0.2) is 4.99 Å². The van der Waals surface area contributed by atoms with Gasteiger partial charge in [-0.15, -0.1) is 0 Å². The van der Waals surface area contributed by atoms with E-state index in [9.17, 15) is 0 Å². The summed E-state index contributed by atoms with van der Waals surface area (Å²) in [5.74, 6) is 0.437. The van der Waals surface area contributed by atoms with Crippen LogP contribution in [0.5, 0.6) is 0 Å². The molecule has 1 atom stereocenters. The molecule has 0 radical (unpaired) electrons. The zero-order valence-corrected chi connectivity index (χ0v) is 13.2. The summed E-state index contributed by atoms with van der Waals surface area (Å²) >= 11 is 6.34. The highest BCUT2D eigenvalue weighted by Crippen LogP contribution is 2.36. The van der Waals surface area contributed by atoms with E-state index in [0.717, 1.165) is 24.2 Å². The van der Waals surface area contributed by atoms with Crippen LogP contribution in [0, 0.1) is 0 Å². The average Bonchev–Trinajstić information content (AvgIpc) is 2.58. The van der Waals surface area contributed by atoms with Crippen molar-refractivity contribution < 1.29 is 9.47 Å². The first-order valence-corrected chi connectivity index (χ1v) is 7.57. The topological polar surface area (TPSA) is 73.0 Å². The molecule has 0 aliphatic carbocycles. The fraction of sp³-hybridized carbons (Fsp3) is 0.467. The van der Waals surface area contributed by atoms with Gasteiger partial charge in [0.25, 0.3) is 0 Å². The number of pyridine rings is 1. The molecule has 22 heavy (non-hydrogen) atoms. The van der Waals surface area contributed by atoms with Gasteiger partial charge in [-0.3, -0.25) is 9.88 Å². The molecule has 2 aliphatic heterocycles. The molecule has 6 nitrogen and oxygen atoms in total. The van der Waals surface area contributed by atoms with Crippen LogP contribution in [-0.4, -0.2) is 54.9 Å². The maximum Gasteiger partial charge on any atom is 0.225 e. The van der Waals surface area contributed by atoms with E-state index in [1.807, 2.05) is 12.1 Å². The Kier molecular flexibility index (Phi) is 4.44. The molecule has 118 valence electrons. The minimum atomic E-state index is -0.817. The summed E-state index contributed by atoms with van der Waals surface area (Å²) < 4.78 is 10.8. The zero-order chi connectivity index (χ0) is 15.6. The largest absolute Gasteiger partial charge is 0.482 e. The third-order valence-corrected chi connectivity index (χ3v) is 4.36. The minimum Gasteiger partial charge on any atom is -0.482 e. The number of hydrogen-bond acceptors (Lipinski definition) is 6. The molecule has 0 spiro atoms. The van der Waals surface area contributed by atoms with Gasteiger partial charge in [0.2, 0.25) is 5.90 Å². The predicted molar refractivity (Wildman–Crippen MR) is 85.4 cm³/mol. The van der Waals surface area contributed by atoms with Crippen molar-refractivity contribution in [3.63, 3.8) is 0 Å². The van der Waals surface area contributed by atoms with Gasteiger partial charge >= 0.3 is 0 Å². The number of hydrogen-bond donors (Lipinski definition) is 1. The molecule has 0 amide bonds. The normalized spacial score (nSPS) is 26.8. The van der Waals surface area contributed by atoms with E-state index < -0.39 is 5.66 Å². The van der Waals surface area contributed by atoms with Crippen molar-refractivity contribution in [2.75, 3.05) is 33.4 Å². The van der Waals surface area contributed by atoms with Gasteiger partial charge in [0.15, 0.2) is 5.66 Å². The number of methoxy groups -OCH3 is 1. The van der Waals surface area contributed by atoms with Crippen molar-refractivity contribution in [1.82, 2.24) is 9.88 Å². The van der Waals surface area contributed by atoms with Crippen LogP contribution >= 0.6 is 11.6 Å². The van der Waals surface area contributed by atoms with E-state index in [1.54, 1.807) is 19.5 Å². The first-order chi connectivity index (χ1) is 10.6. The molecule has 0 aromatic carbocycles. The average molecular weight is 323 g/mol. The van der Waals surface area contributed by atoms with Crippen molar-refractivity contribution >= 4 is 23.1 Å². The number of aliphatic imine (C=N–C) groups is 1. The first kappa shape index (κ1) is 15.4. The lowest BCUT2D eigenvalue weighted by atomic mass is 9.92. The third kappa shape index (κ3) is 2.75. The van der Waals surface area contributed by atoms with Crippen molar-refractivity contribution in [3.05, 3.63) is 35.2 Å². The molecule has 3 heterocycles. The Balaban J connectivity index is 1.98. The molecule has 0 bridgehead atoms. The Morgan fingerprint density at radius 2 is 2.18 bits per heavy atom. The number of aromatic nitrogens is 1. The van der Waals surface area contributed by atoms with E-state index in [1.165, 1.54) is 0 Å². The van der Waals surface area contributed by atoms with Crippen LogP contribution in [0.15, 0.2) is 34.7 Å². The highest BCUT2D eigenvalue weighted by atomic mass is 35.5. The molecule has 1 unspecified atom stereocenters. The fourth-order valence-electron chi connectivity index (χ4n) is 2.87. The number of nitrogens with zero attached hydrogens (tertiary/aromatic N) is 3. The number of rotatable bonds is 2. The standard InChI is InChI=1S/C15H19ClN4O2/c1-21-14-15(17,20-5-7-22-8-6-20)9-12(13(16)19-14)11-3-2-4-18-10-11/h2-4,10H,5-9,17H2,1H3. The first-order valence-electron chi connectivity index (χ1n) is 7.19. The maximum atomic E-state index is 6.68. The van der Waals surface area contributed by atoms with Crippen LogP contribution in [0.4, 0.5) is 0 Å². The summed E-state index contributed by atoms with van der Waals surface area (Å²) in [7, 11) is 1.57. The van der Waals surface area contributed by atoms with Crippen LogP contribution in [0.2, 0.25) is 0 Å². The third-order valence-electron chi connectivity index (χ3n) is 4.04. The number of morpholine rings is 1. The summed E-state index contributed by atoms with van der Waals surface area (Å²) in [5, 5.41) is 0.402. The molecule has 2 aliphatic rings. The highest BCUT2D eigenvalue weighted by molar-refractivity contribution is 6.33. The van der Waals surface area contributed by atoms with Gasteiger partial charge in [0.05, 0.1) is 20.3 Å². The van der Waals surface area contributed by atoms with E-state index >= 15 is 0 Å². The second-order valence-electron chi connectivity index (χ2n) is 5.33. The second kappa shape index (κ2) is 6.34. The van der Waals surface area contributed by atoms with E-state index in [-0.39, 0.29) is 0 Å². The molecular weight excluding hydrogens is 304 g/mol. The number of nitrogens with two attached hydrogens (primary N) is 1. The van der Waals surface area contributed by atoms with E-state index in [4.69, 9.17) is 26.8 Å². The lowest BCUT2D eigenvalue weighted by Crippen LogP contribution is -2.65. The second-order valence-corrected chi connectivity index (χ2v) is 5.69. The van der Waals surface area contributed by atoms with Crippen LogP contribution in [-0.2, 0) is 9.47 Å². The van der Waals surface area contributed by atoms with Crippen LogP contribution < -0.4 is 5.73 Å². The monoisotopic (exact) mass is 322 g/mol. The van der Waals surface area contributed by atoms with Gasteiger partial charge in [0.1, 0.15) is 5.16 Å². The van der Waals surface area contributed by atoms with E-state index in [0.29, 0.717) is 30.7 Å². The maximum absolute atomic E-state index is 6.68. The van der Waals surface area contributed by atoms with Crippen molar-refractivity contribution in [2.45, 2.75) is 12.1 Å². The van der Waals surface area contributed by atoms with Gasteiger partial charge in [-0.2, -0.15) is 0 Å². The number of halogens is 1. The van der Waals surface area contributed by atoms with Gasteiger partial charge in [-0.05, 0) is 11.6 Å². The van der Waals surface area contributed by atoms with Gasteiger partial charge in [-0.1, -0.05) is 17.7 Å². The number of ether oxygens (including phenoxy) is 2. The van der Waals surface area contributed by atoms with Crippen molar-refractivity contribution in [1.29, 1.82) is 0 Å². The summed E-state index contributed by atoms with van der Waals surface area (Å²) in [5.41, 5.74) is 7.67. The zero-order valence-electron chi connectivity index (χ0n) is 12.5. The lowest BCUT2D eigenvalue weighted by Gasteiger charge is -2.44. The molecule has 1 fully saturated rings. The molecular formula is C15H19ClN4O2. The molecule has 1 aromatic heterocycles. The van der Waals surface area contributed by atoms with Crippen molar-refractivity contribution in [2.24, 2.45) is 10.7 Å². The fourth-order valence-corrected chi connectivity index (χ4v) is 3.12. The smallest absolute Gasteiger partial charge is 0.225 e. The van der Waals surface area contributed by atoms with Gasteiger partial charge in [0, 0.05) is 37.5 Å².